The number of alkyl halides is 1. The molecule has 0 aromatic heterocycles. The smallest absolute Gasteiger partial charge is 0.168 e. The van der Waals surface area contributed by atoms with Crippen molar-refractivity contribution in [2.45, 2.75) is 5.33 Å². The Labute approximate surface area is 92.1 Å². The summed E-state index contributed by atoms with van der Waals surface area (Å²) in [6.07, 6.45) is 0. The standard InChI is InChI=1S/C10H13BrO3/c1-12-8-4-5-9(13-2)10(14-3)7(8)6-11/h4-5H,6H2,1-3H3. The molecule has 0 radical (unpaired) electrons. The first-order chi connectivity index (χ1) is 6.78. The van der Waals surface area contributed by atoms with E-state index in [1.54, 1.807) is 21.3 Å². The van der Waals surface area contributed by atoms with Crippen molar-refractivity contribution in [1.29, 1.82) is 0 Å². The lowest BCUT2D eigenvalue weighted by Crippen LogP contribution is -1.97. The summed E-state index contributed by atoms with van der Waals surface area (Å²) in [5, 5.41) is 0.663. The highest BCUT2D eigenvalue weighted by atomic mass is 79.9. The van der Waals surface area contributed by atoms with Crippen LogP contribution >= 0.6 is 15.9 Å². The van der Waals surface area contributed by atoms with E-state index < -0.39 is 0 Å². The number of ether oxygens (including phenoxy) is 3. The molecule has 0 saturated heterocycles. The maximum Gasteiger partial charge on any atom is 0.168 e. The molecular weight excluding hydrogens is 248 g/mol. The van der Waals surface area contributed by atoms with Gasteiger partial charge in [-0.15, -0.1) is 0 Å². The molecule has 0 heterocycles. The van der Waals surface area contributed by atoms with Crippen LogP contribution in [-0.4, -0.2) is 21.3 Å². The largest absolute Gasteiger partial charge is 0.496 e. The summed E-state index contributed by atoms with van der Waals surface area (Å²) in [5.74, 6) is 2.21. The summed E-state index contributed by atoms with van der Waals surface area (Å²) >= 11 is 3.39. The fraction of sp³-hybridized carbons (Fsp3) is 0.400. The molecule has 0 bridgehead atoms. The summed E-state index contributed by atoms with van der Waals surface area (Å²) in [5.41, 5.74) is 0.953. The van der Waals surface area contributed by atoms with Crippen molar-refractivity contribution in [2.24, 2.45) is 0 Å². The van der Waals surface area contributed by atoms with Crippen molar-refractivity contribution in [1.82, 2.24) is 0 Å². The van der Waals surface area contributed by atoms with Gasteiger partial charge in [0.05, 0.1) is 26.9 Å². The predicted octanol–water partition coefficient (Wildman–Crippen LogP) is 2.61. The van der Waals surface area contributed by atoms with Gasteiger partial charge in [0.15, 0.2) is 11.5 Å². The molecule has 3 nitrogen and oxygen atoms in total. The Kier molecular flexibility index (Phi) is 4.07. The molecule has 0 saturated carbocycles. The molecule has 0 unspecified atom stereocenters. The van der Waals surface area contributed by atoms with Crippen LogP contribution in [0.15, 0.2) is 12.1 Å². The first-order valence-electron chi connectivity index (χ1n) is 4.12. The maximum absolute atomic E-state index is 5.27. The van der Waals surface area contributed by atoms with Crippen molar-refractivity contribution < 1.29 is 14.2 Å². The van der Waals surface area contributed by atoms with Crippen molar-refractivity contribution in [3.05, 3.63) is 17.7 Å². The molecule has 1 rings (SSSR count). The minimum atomic E-state index is 0.663. The molecule has 0 N–H and O–H groups in total. The second kappa shape index (κ2) is 5.10. The quantitative estimate of drug-likeness (QED) is 0.780. The number of benzene rings is 1. The monoisotopic (exact) mass is 260 g/mol. The summed E-state index contributed by atoms with van der Waals surface area (Å²) in [6.45, 7) is 0. The van der Waals surface area contributed by atoms with Crippen LogP contribution in [-0.2, 0) is 5.33 Å². The molecule has 0 amide bonds. The molecule has 0 fully saturated rings. The number of rotatable bonds is 4. The van der Waals surface area contributed by atoms with Gasteiger partial charge in [-0.05, 0) is 12.1 Å². The predicted molar refractivity (Wildman–Crippen MR) is 58.7 cm³/mol. The topological polar surface area (TPSA) is 27.7 Å². The highest BCUT2D eigenvalue weighted by Crippen LogP contribution is 2.38. The third-order valence-corrected chi connectivity index (χ3v) is 2.52. The Morgan fingerprint density at radius 3 is 2.00 bits per heavy atom. The van der Waals surface area contributed by atoms with Gasteiger partial charge in [-0.25, -0.2) is 0 Å². The number of hydrogen-bond donors (Lipinski definition) is 0. The van der Waals surface area contributed by atoms with Crippen molar-refractivity contribution in [2.75, 3.05) is 21.3 Å². The van der Waals surface area contributed by atoms with Crippen LogP contribution in [0, 0.1) is 0 Å². The molecule has 1 aromatic rings. The van der Waals surface area contributed by atoms with Crippen LogP contribution in [0.1, 0.15) is 5.56 Å². The lowest BCUT2D eigenvalue weighted by molar-refractivity contribution is 0.345. The van der Waals surface area contributed by atoms with Gasteiger partial charge >= 0.3 is 0 Å². The van der Waals surface area contributed by atoms with Gasteiger partial charge in [0.1, 0.15) is 5.75 Å². The molecule has 0 spiro atoms. The second-order valence-electron chi connectivity index (χ2n) is 2.62. The average Bonchev–Trinajstić information content (AvgIpc) is 2.26. The zero-order valence-corrected chi connectivity index (χ0v) is 10.1. The first-order valence-corrected chi connectivity index (χ1v) is 5.24. The van der Waals surface area contributed by atoms with Crippen LogP contribution in [0.2, 0.25) is 0 Å². The van der Waals surface area contributed by atoms with Crippen molar-refractivity contribution in [3.63, 3.8) is 0 Å². The van der Waals surface area contributed by atoms with E-state index in [1.165, 1.54) is 0 Å². The highest BCUT2D eigenvalue weighted by molar-refractivity contribution is 9.08. The molecule has 14 heavy (non-hydrogen) atoms. The fourth-order valence-electron chi connectivity index (χ4n) is 1.29. The Balaban J connectivity index is 3.28. The van der Waals surface area contributed by atoms with Crippen LogP contribution < -0.4 is 14.2 Å². The molecule has 0 aliphatic rings. The van der Waals surface area contributed by atoms with Crippen LogP contribution in [0.25, 0.3) is 0 Å². The van der Waals surface area contributed by atoms with Crippen LogP contribution in [0.4, 0.5) is 0 Å². The fourth-order valence-corrected chi connectivity index (χ4v) is 1.82. The van der Waals surface area contributed by atoms with E-state index in [0.29, 0.717) is 16.8 Å². The minimum absolute atomic E-state index is 0.663. The normalized spacial score (nSPS) is 9.71. The van der Waals surface area contributed by atoms with E-state index >= 15 is 0 Å². The number of methoxy groups -OCH3 is 3. The minimum Gasteiger partial charge on any atom is -0.496 e. The Morgan fingerprint density at radius 2 is 1.57 bits per heavy atom. The Hall–Kier alpha value is -0.900. The summed E-state index contributed by atoms with van der Waals surface area (Å²) in [6, 6.07) is 3.68. The zero-order valence-electron chi connectivity index (χ0n) is 8.46. The van der Waals surface area contributed by atoms with Crippen molar-refractivity contribution >= 4 is 15.9 Å². The molecule has 78 valence electrons. The highest BCUT2D eigenvalue weighted by Gasteiger charge is 2.13. The van der Waals surface area contributed by atoms with E-state index in [9.17, 15) is 0 Å². The van der Waals surface area contributed by atoms with E-state index in [0.717, 1.165) is 11.3 Å². The molecule has 1 aromatic carbocycles. The summed E-state index contributed by atoms with van der Waals surface area (Å²) < 4.78 is 15.7. The number of halogens is 1. The lowest BCUT2D eigenvalue weighted by atomic mass is 10.2. The lowest BCUT2D eigenvalue weighted by Gasteiger charge is -2.14. The van der Waals surface area contributed by atoms with E-state index in [2.05, 4.69) is 15.9 Å². The molecule has 0 aliphatic heterocycles. The van der Waals surface area contributed by atoms with E-state index in [-0.39, 0.29) is 0 Å². The first kappa shape index (κ1) is 11.2. The molecular formula is C10H13BrO3. The third kappa shape index (κ3) is 1.95. The number of hydrogen-bond acceptors (Lipinski definition) is 3. The van der Waals surface area contributed by atoms with Gasteiger partial charge in [-0.1, -0.05) is 15.9 Å². The molecule has 4 heteroatoms. The van der Waals surface area contributed by atoms with E-state index in [1.807, 2.05) is 12.1 Å². The van der Waals surface area contributed by atoms with E-state index in [4.69, 9.17) is 14.2 Å². The van der Waals surface area contributed by atoms with Crippen molar-refractivity contribution in [3.8, 4) is 17.2 Å². The SMILES string of the molecule is COc1ccc(OC)c(OC)c1CBr. The summed E-state index contributed by atoms with van der Waals surface area (Å²) in [7, 11) is 4.86. The van der Waals surface area contributed by atoms with Gasteiger partial charge in [0, 0.05) is 5.33 Å². The van der Waals surface area contributed by atoms with Gasteiger partial charge < -0.3 is 14.2 Å². The summed E-state index contributed by atoms with van der Waals surface area (Å²) in [4.78, 5) is 0. The van der Waals surface area contributed by atoms with Crippen LogP contribution in [0.5, 0.6) is 17.2 Å². The van der Waals surface area contributed by atoms with Gasteiger partial charge in [-0.3, -0.25) is 0 Å². The Bertz CT molecular complexity index is 281. The molecule has 0 atom stereocenters. The maximum atomic E-state index is 5.27. The molecule has 0 aliphatic carbocycles. The van der Waals surface area contributed by atoms with Gasteiger partial charge in [0.25, 0.3) is 0 Å². The average molecular weight is 261 g/mol. The second-order valence-corrected chi connectivity index (χ2v) is 3.18. The van der Waals surface area contributed by atoms with Crippen LogP contribution in [0.3, 0.4) is 0 Å². The zero-order chi connectivity index (χ0) is 10.6. The third-order valence-electron chi connectivity index (χ3n) is 1.96. The van der Waals surface area contributed by atoms with Gasteiger partial charge in [-0.2, -0.15) is 0 Å². The Morgan fingerprint density at radius 1 is 1.00 bits per heavy atom. The van der Waals surface area contributed by atoms with Gasteiger partial charge in [0.2, 0.25) is 0 Å².